The second kappa shape index (κ2) is 16.2. The van der Waals surface area contributed by atoms with E-state index in [-0.39, 0.29) is 18.1 Å². The lowest BCUT2D eigenvalue weighted by molar-refractivity contribution is -0.352. The Hall–Kier alpha value is -1.80. The maximum absolute atomic E-state index is 12.5. The van der Waals surface area contributed by atoms with E-state index in [9.17, 15) is 14.7 Å². The summed E-state index contributed by atoms with van der Waals surface area (Å²) < 4.78 is 23.4. The van der Waals surface area contributed by atoms with Crippen molar-refractivity contribution in [2.75, 3.05) is 13.2 Å². The quantitative estimate of drug-likeness (QED) is 0.139. The summed E-state index contributed by atoms with van der Waals surface area (Å²) >= 11 is 0. The van der Waals surface area contributed by atoms with Gasteiger partial charge >= 0.3 is 5.97 Å². The van der Waals surface area contributed by atoms with Crippen molar-refractivity contribution in [2.24, 2.45) is 5.92 Å². The molecule has 2 fully saturated rings. The Morgan fingerprint density at radius 2 is 1.70 bits per heavy atom. The summed E-state index contributed by atoms with van der Waals surface area (Å²) in [5.41, 5.74) is 1.10. The van der Waals surface area contributed by atoms with Gasteiger partial charge in [-0.2, -0.15) is 0 Å². The Labute approximate surface area is 222 Å². The van der Waals surface area contributed by atoms with Gasteiger partial charge in [-0.1, -0.05) is 56.6 Å². The van der Waals surface area contributed by atoms with Crippen molar-refractivity contribution in [1.29, 1.82) is 0 Å². The van der Waals surface area contributed by atoms with Gasteiger partial charge in [-0.25, -0.2) is 4.79 Å². The average molecular weight is 519 g/mol. The van der Waals surface area contributed by atoms with E-state index in [4.69, 9.17) is 18.9 Å². The number of ketones is 1. The van der Waals surface area contributed by atoms with Crippen LogP contribution in [0.25, 0.3) is 0 Å². The topological polar surface area (TPSA) is 91.3 Å². The number of carboxylic acid groups (broad SMARTS) is 1. The number of Topliss-reactive ketones (excluding diaryl/α,β-unsaturated/α-hetero) is 1. The van der Waals surface area contributed by atoms with Gasteiger partial charge in [-0.3, -0.25) is 4.79 Å². The molecule has 2 saturated heterocycles. The molecule has 2 heterocycles. The molecular formula is C30H46O7. The van der Waals surface area contributed by atoms with Gasteiger partial charge in [0.15, 0.2) is 12.6 Å². The summed E-state index contributed by atoms with van der Waals surface area (Å²) in [6.45, 7) is 3.32. The maximum Gasteiger partial charge on any atom is 0.364 e. The number of unbranched alkanes of at least 4 members (excludes halogenated alkanes) is 4. The molecule has 0 aromatic heterocycles. The van der Waals surface area contributed by atoms with E-state index in [0.29, 0.717) is 45.3 Å². The number of aliphatic carboxylic acids is 1. The third kappa shape index (κ3) is 9.78. The Morgan fingerprint density at radius 1 is 1.00 bits per heavy atom. The molecule has 1 N–H and O–H groups in total. The Kier molecular flexibility index (Phi) is 13.0. The van der Waals surface area contributed by atoms with Crippen LogP contribution in [0.2, 0.25) is 0 Å². The Balaban J connectivity index is 1.55. The molecule has 0 amide bonds. The number of ether oxygens (including phenoxy) is 4. The monoisotopic (exact) mass is 518 g/mol. The van der Waals surface area contributed by atoms with Gasteiger partial charge in [0.05, 0.1) is 0 Å². The molecule has 0 saturated carbocycles. The number of rotatable bonds is 16. The molecule has 0 aromatic rings. The van der Waals surface area contributed by atoms with Crippen LogP contribution in [0.15, 0.2) is 36.0 Å². The first-order chi connectivity index (χ1) is 18.0. The molecule has 0 radical (unpaired) electrons. The second-order valence-electron chi connectivity index (χ2n) is 10.3. The number of hydrogen-bond donors (Lipinski definition) is 1. The van der Waals surface area contributed by atoms with Crippen LogP contribution in [0.4, 0.5) is 0 Å². The predicted molar refractivity (Wildman–Crippen MR) is 142 cm³/mol. The number of carbonyl (C=O) groups is 2. The van der Waals surface area contributed by atoms with E-state index >= 15 is 0 Å². The van der Waals surface area contributed by atoms with E-state index in [0.717, 1.165) is 37.7 Å². The first-order valence-electron chi connectivity index (χ1n) is 14.4. The smallest absolute Gasteiger partial charge is 0.364 e. The standard InChI is InChI=1S/C30H46O7/c1-2-3-4-5-6-8-15-24-19-20-26(31)25(24)16-9-7-12-21-30(29(32)33,36-27-17-10-13-22-34-27)37-28-18-11-14-23-35-28/h7-9,15,19,25,27-28H,2-6,10-14,16-18,20-23H2,1H3,(H,32,33)/b9-7-,15-8+/t25-,27?,28?,30?/m1/s1. The minimum Gasteiger partial charge on any atom is -0.477 e. The van der Waals surface area contributed by atoms with Crippen LogP contribution < -0.4 is 0 Å². The van der Waals surface area contributed by atoms with Crippen LogP contribution in [-0.2, 0) is 28.5 Å². The highest BCUT2D eigenvalue weighted by atomic mass is 16.8. The fourth-order valence-electron chi connectivity index (χ4n) is 5.06. The van der Waals surface area contributed by atoms with Crippen LogP contribution in [0.5, 0.6) is 0 Å². The van der Waals surface area contributed by atoms with Crippen molar-refractivity contribution in [2.45, 2.75) is 122 Å². The molecule has 0 bridgehead atoms. The second-order valence-corrected chi connectivity index (χ2v) is 10.3. The molecular weight excluding hydrogens is 472 g/mol. The summed E-state index contributed by atoms with van der Waals surface area (Å²) in [6.07, 6.45) is 21.7. The SMILES string of the molecule is CCCCCC/C=C/C1=CCC(=O)[C@@H]1C/C=C\CCC(OC1CCCCO1)(OC1CCCCO1)C(=O)O. The Morgan fingerprint density at radius 3 is 2.30 bits per heavy atom. The van der Waals surface area contributed by atoms with Crippen molar-refractivity contribution in [1.82, 2.24) is 0 Å². The van der Waals surface area contributed by atoms with Crippen molar-refractivity contribution < 1.29 is 33.6 Å². The zero-order chi connectivity index (χ0) is 26.3. The van der Waals surface area contributed by atoms with E-state index in [1.54, 1.807) is 0 Å². The minimum absolute atomic E-state index is 0.119. The molecule has 7 heteroatoms. The van der Waals surface area contributed by atoms with Crippen molar-refractivity contribution in [3.63, 3.8) is 0 Å². The van der Waals surface area contributed by atoms with Gasteiger partial charge in [0.25, 0.3) is 5.79 Å². The molecule has 3 atom stereocenters. The normalized spacial score (nSPS) is 26.6. The number of allylic oxidation sites excluding steroid dienone is 6. The minimum atomic E-state index is -1.83. The molecule has 0 aromatic carbocycles. The lowest BCUT2D eigenvalue weighted by atomic mass is 9.95. The highest BCUT2D eigenvalue weighted by molar-refractivity contribution is 5.89. The van der Waals surface area contributed by atoms with E-state index < -0.39 is 24.3 Å². The van der Waals surface area contributed by atoms with Gasteiger partial charge in [-0.05, 0) is 69.8 Å². The highest BCUT2D eigenvalue weighted by Gasteiger charge is 2.46. The summed E-state index contributed by atoms with van der Waals surface area (Å²) in [5.74, 6) is -2.87. The molecule has 37 heavy (non-hydrogen) atoms. The van der Waals surface area contributed by atoms with E-state index in [2.05, 4.69) is 19.1 Å². The molecule has 3 rings (SSSR count). The average Bonchev–Trinajstić information content (AvgIpc) is 3.25. The predicted octanol–water partition coefficient (Wildman–Crippen LogP) is 6.62. The van der Waals surface area contributed by atoms with Crippen molar-refractivity contribution in [3.05, 3.63) is 36.0 Å². The van der Waals surface area contributed by atoms with Crippen LogP contribution in [0.1, 0.15) is 103 Å². The number of carbonyl (C=O) groups excluding carboxylic acids is 1. The largest absolute Gasteiger partial charge is 0.477 e. The molecule has 2 unspecified atom stereocenters. The van der Waals surface area contributed by atoms with Gasteiger partial charge in [0.2, 0.25) is 0 Å². The lowest BCUT2D eigenvalue weighted by Gasteiger charge is -2.37. The molecule has 1 aliphatic carbocycles. The van der Waals surface area contributed by atoms with E-state index in [1.165, 1.54) is 25.7 Å². The fraction of sp³-hybridized carbons (Fsp3) is 0.733. The van der Waals surface area contributed by atoms with Gasteiger partial charge < -0.3 is 24.1 Å². The molecule has 0 spiro atoms. The van der Waals surface area contributed by atoms with Gasteiger partial charge in [0.1, 0.15) is 5.78 Å². The highest BCUT2D eigenvalue weighted by Crippen LogP contribution is 2.32. The van der Waals surface area contributed by atoms with Crippen LogP contribution in [0.3, 0.4) is 0 Å². The summed E-state index contributed by atoms with van der Waals surface area (Å²) in [7, 11) is 0. The van der Waals surface area contributed by atoms with Crippen LogP contribution in [-0.4, -0.2) is 48.4 Å². The third-order valence-electron chi connectivity index (χ3n) is 7.29. The van der Waals surface area contributed by atoms with E-state index in [1.807, 2.05) is 18.2 Å². The zero-order valence-corrected chi connectivity index (χ0v) is 22.5. The first-order valence-corrected chi connectivity index (χ1v) is 14.4. The number of carboxylic acids is 1. The van der Waals surface area contributed by atoms with Crippen molar-refractivity contribution >= 4 is 11.8 Å². The Bertz CT molecular complexity index is 768. The van der Waals surface area contributed by atoms with Crippen molar-refractivity contribution in [3.8, 4) is 0 Å². The molecule has 3 aliphatic rings. The van der Waals surface area contributed by atoms with Gasteiger partial charge in [-0.15, -0.1) is 0 Å². The summed E-state index contributed by atoms with van der Waals surface area (Å²) in [4.78, 5) is 24.9. The van der Waals surface area contributed by atoms with Crippen LogP contribution in [0, 0.1) is 5.92 Å². The van der Waals surface area contributed by atoms with Gasteiger partial charge in [0, 0.05) is 32.0 Å². The molecule has 7 nitrogen and oxygen atoms in total. The third-order valence-corrected chi connectivity index (χ3v) is 7.29. The zero-order valence-electron chi connectivity index (χ0n) is 22.5. The first kappa shape index (κ1) is 29.8. The summed E-state index contributed by atoms with van der Waals surface area (Å²) in [5, 5.41) is 10.2. The fourth-order valence-corrected chi connectivity index (χ4v) is 5.06. The van der Waals surface area contributed by atoms with Crippen LogP contribution >= 0.6 is 0 Å². The molecule has 2 aliphatic heterocycles. The number of hydrogen-bond acceptors (Lipinski definition) is 6. The maximum atomic E-state index is 12.5. The lowest BCUT2D eigenvalue weighted by Crippen LogP contribution is -2.51. The molecule has 208 valence electrons. The summed E-state index contributed by atoms with van der Waals surface area (Å²) in [6, 6.07) is 0.